The van der Waals surface area contributed by atoms with Crippen molar-refractivity contribution in [2.75, 3.05) is 26.2 Å². The summed E-state index contributed by atoms with van der Waals surface area (Å²) in [5, 5.41) is 17.3. The molecule has 0 unspecified atom stereocenters. The Kier molecular flexibility index (Phi) is 14.9. The molecule has 2 saturated heterocycles. The predicted molar refractivity (Wildman–Crippen MR) is 180 cm³/mol. The Bertz CT molecular complexity index is 1420. The molecule has 0 radical (unpaired) electrons. The normalized spacial score (nSPS) is 18.7. The highest BCUT2D eigenvalue weighted by atomic mass is 16.4. The molecule has 18 heteroatoms. The first-order chi connectivity index (χ1) is 23.8. The van der Waals surface area contributed by atoms with Crippen LogP contribution < -0.4 is 38.9 Å². The van der Waals surface area contributed by atoms with Gasteiger partial charge in [0.2, 0.25) is 35.4 Å². The lowest BCUT2D eigenvalue weighted by molar-refractivity contribution is -0.144. The van der Waals surface area contributed by atoms with Gasteiger partial charge in [0.1, 0.15) is 24.2 Å². The zero-order chi connectivity index (χ0) is 36.8. The van der Waals surface area contributed by atoms with E-state index in [4.69, 9.17) is 22.9 Å². The van der Waals surface area contributed by atoms with Crippen LogP contribution in [0, 0.1) is 0 Å². The van der Waals surface area contributed by atoms with Gasteiger partial charge in [-0.15, -0.1) is 0 Å². The van der Waals surface area contributed by atoms with Gasteiger partial charge in [0, 0.05) is 32.5 Å². The number of amides is 6. The first-order valence-corrected chi connectivity index (χ1v) is 16.6. The van der Waals surface area contributed by atoms with Crippen molar-refractivity contribution in [1.29, 1.82) is 0 Å². The number of carboxylic acids is 1. The lowest BCUT2D eigenvalue weighted by Crippen LogP contribution is -2.56. The number of hydrogen-bond donors (Lipinski definition) is 8. The standard InChI is InChI=1S/C32H48N10O8/c33-20(9-4-14-37-32(35)36)30(48)42-16-6-11-24(42)29(47)39-21(12-13-25(34)43)27(45)38-18-26(44)41-15-5-10-23(41)28(46)40-22(31(49)50)17-19-7-2-1-3-8-19/h1-3,7-8,20-24H,4-6,9-18,33H2,(H2,34,43)(H,38,45)(H,39,47)(H,40,46)(H,49,50)(H4,35,36,37)/t20-,21-,22-,23-,24-/m0/s1. The average Bonchev–Trinajstić information content (AvgIpc) is 3.78. The van der Waals surface area contributed by atoms with E-state index in [1.54, 1.807) is 30.3 Å². The number of carbonyl (C=O) groups is 7. The van der Waals surface area contributed by atoms with E-state index in [0.29, 0.717) is 37.7 Å². The van der Waals surface area contributed by atoms with Crippen LogP contribution in [0.15, 0.2) is 35.3 Å². The maximum absolute atomic E-state index is 13.3. The van der Waals surface area contributed by atoms with Gasteiger partial charge in [0.05, 0.1) is 12.6 Å². The molecule has 0 bridgehead atoms. The number of nitrogens with two attached hydrogens (primary N) is 4. The molecule has 0 saturated carbocycles. The molecule has 274 valence electrons. The van der Waals surface area contributed by atoms with Crippen LogP contribution in [0.25, 0.3) is 0 Å². The van der Waals surface area contributed by atoms with Crippen molar-refractivity contribution in [1.82, 2.24) is 25.8 Å². The van der Waals surface area contributed by atoms with E-state index in [2.05, 4.69) is 20.9 Å². The number of guanidine groups is 1. The number of primary amides is 1. The quantitative estimate of drug-likeness (QED) is 0.0434. The zero-order valence-electron chi connectivity index (χ0n) is 27.9. The number of rotatable bonds is 18. The van der Waals surface area contributed by atoms with Crippen molar-refractivity contribution in [3.63, 3.8) is 0 Å². The molecule has 2 aliphatic heterocycles. The summed E-state index contributed by atoms with van der Waals surface area (Å²) in [4.78, 5) is 95.9. The van der Waals surface area contributed by atoms with Gasteiger partial charge >= 0.3 is 5.97 Å². The Balaban J connectivity index is 1.59. The van der Waals surface area contributed by atoms with Crippen LogP contribution in [0.3, 0.4) is 0 Å². The van der Waals surface area contributed by atoms with Crippen LogP contribution in [0.4, 0.5) is 0 Å². The maximum atomic E-state index is 13.3. The van der Waals surface area contributed by atoms with Crippen molar-refractivity contribution in [2.24, 2.45) is 27.9 Å². The predicted octanol–water partition coefficient (Wildman–Crippen LogP) is -2.97. The fourth-order valence-electron chi connectivity index (χ4n) is 6.03. The molecule has 1 aromatic carbocycles. The minimum absolute atomic E-state index is 0.0529. The van der Waals surface area contributed by atoms with Crippen LogP contribution in [0.2, 0.25) is 0 Å². The number of carboxylic acid groups (broad SMARTS) is 1. The summed E-state index contributed by atoms with van der Waals surface area (Å²) < 4.78 is 0. The third-order valence-electron chi connectivity index (χ3n) is 8.62. The largest absolute Gasteiger partial charge is 0.480 e. The molecule has 18 nitrogen and oxygen atoms in total. The Morgan fingerprint density at radius 3 is 2.06 bits per heavy atom. The molecule has 6 amide bonds. The molecule has 0 aliphatic carbocycles. The fraction of sp³-hybridized carbons (Fsp3) is 0.562. The van der Waals surface area contributed by atoms with Gasteiger partial charge in [0.15, 0.2) is 5.96 Å². The van der Waals surface area contributed by atoms with E-state index in [0.717, 1.165) is 0 Å². The summed E-state index contributed by atoms with van der Waals surface area (Å²) in [6.07, 6.45) is 2.02. The summed E-state index contributed by atoms with van der Waals surface area (Å²) in [6, 6.07) is 3.58. The number of carbonyl (C=O) groups excluding carboxylic acids is 6. The monoisotopic (exact) mass is 700 g/mol. The molecule has 2 heterocycles. The SMILES string of the molecule is NC(=O)CC[C@H](NC(=O)[C@@H]1CCCN1C(=O)[C@@H](N)CCCN=C(N)N)C(=O)NCC(=O)N1CCC[C@H]1C(=O)N[C@@H](Cc1ccccc1)C(=O)O. The second-order valence-electron chi connectivity index (χ2n) is 12.4. The molecule has 5 atom stereocenters. The Hall–Kier alpha value is -5.26. The van der Waals surface area contributed by atoms with Gasteiger partial charge in [-0.25, -0.2) is 4.79 Å². The van der Waals surface area contributed by atoms with Gasteiger partial charge in [-0.1, -0.05) is 30.3 Å². The third-order valence-corrected chi connectivity index (χ3v) is 8.62. The fourth-order valence-corrected chi connectivity index (χ4v) is 6.03. The minimum atomic E-state index is -1.26. The van der Waals surface area contributed by atoms with E-state index in [-0.39, 0.29) is 51.3 Å². The first kappa shape index (κ1) is 39.2. The second-order valence-corrected chi connectivity index (χ2v) is 12.4. The molecule has 0 aromatic heterocycles. The highest BCUT2D eigenvalue weighted by Crippen LogP contribution is 2.20. The highest BCUT2D eigenvalue weighted by Gasteiger charge is 2.39. The summed E-state index contributed by atoms with van der Waals surface area (Å²) in [6.45, 7) is 0.265. The summed E-state index contributed by atoms with van der Waals surface area (Å²) in [7, 11) is 0. The lowest BCUT2D eigenvalue weighted by atomic mass is 10.1. The number of nitrogens with zero attached hydrogens (tertiary/aromatic N) is 3. The molecule has 1 aromatic rings. The topological polar surface area (TPSA) is 299 Å². The molecular formula is C32H48N10O8. The van der Waals surface area contributed by atoms with E-state index >= 15 is 0 Å². The minimum Gasteiger partial charge on any atom is -0.480 e. The summed E-state index contributed by atoms with van der Waals surface area (Å²) >= 11 is 0. The van der Waals surface area contributed by atoms with Crippen LogP contribution in [0.1, 0.15) is 56.9 Å². The van der Waals surface area contributed by atoms with Crippen molar-refractivity contribution in [3.8, 4) is 0 Å². The zero-order valence-corrected chi connectivity index (χ0v) is 27.9. The molecular weight excluding hydrogens is 652 g/mol. The van der Waals surface area contributed by atoms with E-state index in [1.807, 2.05) is 0 Å². The molecule has 0 spiro atoms. The van der Waals surface area contributed by atoms with Gasteiger partial charge in [-0.2, -0.15) is 0 Å². The molecule has 12 N–H and O–H groups in total. The summed E-state index contributed by atoms with van der Waals surface area (Å²) in [5.74, 6) is -5.05. The smallest absolute Gasteiger partial charge is 0.326 e. The Morgan fingerprint density at radius 1 is 0.860 bits per heavy atom. The number of hydrogen-bond acceptors (Lipinski definition) is 9. The van der Waals surface area contributed by atoms with Crippen LogP contribution in [0.5, 0.6) is 0 Å². The van der Waals surface area contributed by atoms with Crippen LogP contribution in [-0.4, -0.2) is 119 Å². The van der Waals surface area contributed by atoms with Gasteiger partial charge in [-0.05, 0) is 50.5 Å². The second kappa shape index (κ2) is 19.1. The van der Waals surface area contributed by atoms with Crippen molar-refractivity contribution < 1.29 is 38.7 Å². The number of likely N-dealkylation sites (tertiary alicyclic amines) is 2. The van der Waals surface area contributed by atoms with Crippen molar-refractivity contribution in [3.05, 3.63) is 35.9 Å². The van der Waals surface area contributed by atoms with Gasteiger partial charge in [-0.3, -0.25) is 33.8 Å². The average molecular weight is 701 g/mol. The maximum Gasteiger partial charge on any atom is 0.326 e. The van der Waals surface area contributed by atoms with E-state index in [9.17, 15) is 38.7 Å². The highest BCUT2D eigenvalue weighted by molar-refractivity contribution is 5.96. The number of aliphatic carboxylic acids is 1. The summed E-state index contributed by atoms with van der Waals surface area (Å²) in [5.41, 5.74) is 22.7. The van der Waals surface area contributed by atoms with Gasteiger partial charge < -0.3 is 53.8 Å². The number of nitrogens with one attached hydrogen (secondary N) is 3. The first-order valence-electron chi connectivity index (χ1n) is 16.6. The van der Waals surface area contributed by atoms with Crippen LogP contribution >= 0.6 is 0 Å². The van der Waals surface area contributed by atoms with Gasteiger partial charge in [0.25, 0.3) is 0 Å². The molecule has 3 rings (SSSR count). The van der Waals surface area contributed by atoms with Crippen molar-refractivity contribution in [2.45, 2.75) is 88.0 Å². The van der Waals surface area contributed by atoms with E-state index in [1.165, 1.54) is 9.80 Å². The van der Waals surface area contributed by atoms with E-state index < -0.39 is 78.2 Å². The van der Waals surface area contributed by atoms with Crippen LogP contribution in [-0.2, 0) is 40.0 Å². The molecule has 50 heavy (non-hydrogen) atoms. The number of benzene rings is 1. The molecule has 2 aliphatic rings. The number of aliphatic imine (C=N–C) groups is 1. The Labute approximate surface area is 289 Å². The Morgan fingerprint density at radius 2 is 1.46 bits per heavy atom. The molecule has 2 fully saturated rings. The lowest BCUT2D eigenvalue weighted by Gasteiger charge is -2.28. The third kappa shape index (κ3) is 11.7. The van der Waals surface area contributed by atoms with Crippen molar-refractivity contribution >= 4 is 47.4 Å².